The van der Waals surface area contributed by atoms with Gasteiger partial charge >= 0.3 is 0 Å². The molecule has 2 nitrogen and oxygen atoms in total. The van der Waals surface area contributed by atoms with E-state index in [1.807, 2.05) is 0 Å². The fourth-order valence-corrected chi connectivity index (χ4v) is 2.59. The highest BCUT2D eigenvalue weighted by Crippen LogP contribution is 2.29. The molecule has 0 aromatic rings. The number of nitrogens with one attached hydrogen (secondary N) is 1. The highest BCUT2D eigenvalue weighted by molar-refractivity contribution is 4.88. The average Bonchev–Trinajstić information content (AvgIpc) is 2.31. The molecule has 0 spiro atoms. The van der Waals surface area contributed by atoms with Crippen molar-refractivity contribution in [2.75, 3.05) is 13.1 Å². The van der Waals surface area contributed by atoms with E-state index >= 15 is 0 Å². The van der Waals surface area contributed by atoms with Gasteiger partial charge in [-0.15, -0.1) is 0 Å². The Morgan fingerprint density at radius 3 is 2.27 bits per heavy atom. The molecule has 0 aromatic carbocycles. The summed E-state index contributed by atoms with van der Waals surface area (Å²) >= 11 is 0. The normalized spacial score (nSPS) is 25.8. The van der Waals surface area contributed by atoms with Crippen LogP contribution in [0.3, 0.4) is 0 Å². The summed E-state index contributed by atoms with van der Waals surface area (Å²) in [6.07, 6.45) is 5.12. The first kappa shape index (κ1) is 13.0. The summed E-state index contributed by atoms with van der Waals surface area (Å²) in [4.78, 5) is 0. The van der Waals surface area contributed by atoms with Crippen LogP contribution in [0.5, 0.6) is 0 Å². The van der Waals surface area contributed by atoms with Crippen molar-refractivity contribution in [2.24, 2.45) is 5.92 Å². The van der Waals surface area contributed by atoms with Gasteiger partial charge in [0.2, 0.25) is 0 Å². The molecule has 0 bridgehead atoms. The molecule has 1 fully saturated rings. The Kier molecular flexibility index (Phi) is 5.07. The lowest BCUT2D eigenvalue weighted by atomic mass is 9.90. The van der Waals surface area contributed by atoms with Gasteiger partial charge in [0.25, 0.3) is 0 Å². The van der Waals surface area contributed by atoms with Crippen LogP contribution in [-0.2, 0) is 4.74 Å². The van der Waals surface area contributed by atoms with Crippen LogP contribution in [0.25, 0.3) is 0 Å². The molecule has 1 heterocycles. The van der Waals surface area contributed by atoms with Gasteiger partial charge in [-0.05, 0) is 18.8 Å². The smallest absolute Gasteiger partial charge is 0.0805 e. The van der Waals surface area contributed by atoms with Crippen molar-refractivity contribution in [1.29, 1.82) is 0 Å². The van der Waals surface area contributed by atoms with E-state index in [1.54, 1.807) is 0 Å². The average molecular weight is 213 g/mol. The molecule has 0 saturated carbocycles. The predicted octanol–water partition coefficient (Wildman–Crippen LogP) is 2.97. The largest absolute Gasteiger partial charge is 0.369 e. The van der Waals surface area contributed by atoms with Gasteiger partial charge in [0.15, 0.2) is 0 Å². The minimum absolute atomic E-state index is 0.103. The minimum atomic E-state index is 0.103. The molecule has 1 unspecified atom stereocenters. The molecule has 1 aliphatic rings. The molecule has 0 radical (unpaired) electrons. The third-order valence-corrected chi connectivity index (χ3v) is 4.06. The lowest BCUT2D eigenvalue weighted by Crippen LogP contribution is -2.55. The topological polar surface area (TPSA) is 21.3 Å². The first-order chi connectivity index (χ1) is 7.21. The molecule has 2 heteroatoms. The first-order valence-corrected chi connectivity index (χ1v) is 6.59. The van der Waals surface area contributed by atoms with Crippen molar-refractivity contribution < 1.29 is 4.74 Å². The second-order valence-electron chi connectivity index (χ2n) is 4.75. The van der Waals surface area contributed by atoms with Crippen molar-refractivity contribution in [3.05, 3.63) is 0 Å². The molecule has 0 aromatic heterocycles. The Hall–Kier alpha value is -0.0800. The van der Waals surface area contributed by atoms with Crippen LogP contribution in [0.2, 0.25) is 0 Å². The summed E-state index contributed by atoms with van der Waals surface area (Å²) in [5.41, 5.74) is 0.103. The maximum Gasteiger partial charge on any atom is 0.0805 e. The van der Waals surface area contributed by atoms with Gasteiger partial charge in [0.05, 0.1) is 11.7 Å². The summed E-state index contributed by atoms with van der Waals surface area (Å²) in [5, 5.41) is 3.55. The van der Waals surface area contributed by atoms with E-state index in [9.17, 15) is 0 Å². The van der Waals surface area contributed by atoms with Crippen LogP contribution in [0.1, 0.15) is 53.4 Å². The maximum absolute atomic E-state index is 6.35. The summed E-state index contributed by atoms with van der Waals surface area (Å²) in [6, 6.07) is 0. The highest BCUT2D eigenvalue weighted by atomic mass is 16.5. The number of ether oxygens (including phenoxy) is 1. The number of hydrogen-bond donors (Lipinski definition) is 1. The monoisotopic (exact) mass is 213 g/mol. The Bertz CT molecular complexity index is 173. The van der Waals surface area contributed by atoms with Crippen molar-refractivity contribution in [1.82, 2.24) is 5.32 Å². The van der Waals surface area contributed by atoms with Gasteiger partial charge < -0.3 is 10.1 Å². The summed E-state index contributed by atoms with van der Waals surface area (Å²) in [5.74, 6) is 0.718. The van der Waals surface area contributed by atoms with E-state index in [-0.39, 0.29) is 5.60 Å². The molecule has 1 rings (SSSR count). The van der Waals surface area contributed by atoms with Crippen LogP contribution < -0.4 is 5.32 Å². The second-order valence-corrected chi connectivity index (χ2v) is 4.75. The van der Waals surface area contributed by atoms with E-state index in [2.05, 4.69) is 33.0 Å². The third kappa shape index (κ3) is 2.94. The number of morpholine rings is 1. The molecule has 0 amide bonds. The third-order valence-electron chi connectivity index (χ3n) is 4.06. The van der Waals surface area contributed by atoms with Crippen LogP contribution >= 0.6 is 0 Å². The molecule has 15 heavy (non-hydrogen) atoms. The van der Waals surface area contributed by atoms with Crippen LogP contribution in [0.15, 0.2) is 0 Å². The SMILES string of the molecule is CCC(CC)C1CNCC(CC)(CC)O1. The van der Waals surface area contributed by atoms with Crippen LogP contribution in [0.4, 0.5) is 0 Å². The van der Waals surface area contributed by atoms with E-state index < -0.39 is 0 Å². The van der Waals surface area contributed by atoms with Crippen LogP contribution in [0, 0.1) is 5.92 Å². The fourth-order valence-electron chi connectivity index (χ4n) is 2.59. The quantitative estimate of drug-likeness (QED) is 0.758. The van der Waals surface area contributed by atoms with Gasteiger partial charge in [-0.2, -0.15) is 0 Å². The van der Waals surface area contributed by atoms with Crippen molar-refractivity contribution in [3.8, 4) is 0 Å². The molecule has 90 valence electrons. The summed E-state index contributed by atoms with van der Waals surface area (Å²) < 4.78 is 6.35. The minimum Gasteiger partial charge on any atom is -0.369 e. The van der Waals surface area contributed by atoms with Crippen LogP contribution in [-0.4, -0.2) is 24.8 Å². The van der Waals surface area contributed by atoms with Gasteiger partial charge in [-0.25, -0.2) is 0 Å². The Morgan fingerprint density at radius 2 is 1.80 bits per heavy atom. The van der Waals surface area contributed by atoms with E-state index in [1.165, 1.54) is 12.8 Å². The Labute approximate surface area is 94.8 Å². The lowest BCUT2D eigenvalue weighted by Gasteiger charge is -2.43. The molecular formula is C13H27NO. The Morgan fingerprint density at radius 1 is 1.20 bits per heavy atom. The number of hydrogen-bond acceptors (Lipinski definition) is 2. The van der Waals surface area contributed by atoms with Gasteiger partial charge in [-0.3, -0.25) is 0 Å². The zero-order valence-corrected chi connectivity index (χ0v) is 10.8. The fraction of sp³-hybridized carbons (Fsp3) is 1.00. The maximum atomic E-state index is 6.35. The van der Waals surface area contributed by atoms with Gasteiger partial charge in [0, 0.05) is 13.1 Å². The van der Waals surface area contributed by atoms with E-state index in [4.69, 9.17) is 4.74 Å². The van der Waals surface area contributed by atoms with Gasteiger partial charge in [-0.1, -0.05) is 40.5 Å². The zero-order valence-electron chi connectivity index (χ0n) is 10.8. The molecule has 1 aliphatic heterocycles. The molecule has 1 atom stereocenters. The molecule has 1 saturated heterocycles. The molecule has 0 aliphatic carbocycles. The second kappa shape index (κ2) is 5.86. The Balaban J connectivity index is 2.61. The summed E-state index contributed by atoms with van der Waals surface area (Å²) in [7, 11) is 0. The van der Waals surface area contributed by atoms with Crippen molar-refractivity contribution in [2.45, 2.75) is 65.1 Å². The van der Waals surface area contributed by atoms with Crippen molar-refractivity contribution >= 4 is 0 Å². The standard InChI is InChI=1S/C13H27NO/c1-5-11(6-2)12-9-14-10-13(7-3,8-4)15-12/h11-12,14H,5-10H2,1-4H3. The van der Waals surface area contributed by atoms with E-state index in [0.29, 0.717) is 6.10 Å². The number of rotatable bonds is 5. The predicted molar refractivity (Wildman–Crippen MR) is 65.1 cm³/mol. The lowest BCUT2D eigenvalue weighted by molar-refractivity contribution is -0.140. The van der Waals surface area contributed by atoms with Gasteiger partial charge in [0.1, 0.15) is 0 Å². The summed E-state index contributed by atoms with van der Waals surface area (Å²) in [6.45, 7) is 11.1. The molecular weight excluding hydrogens is 186 g/mol. The molecule has 1 N–H and O–H groups in total. The first-order valence-electron chi connectivity index (χ1n) is 6.59. The van der Waals surface area contributed by atoms with Crippen molar-refractivity contribution in [3.63, 3.8) is 0 Å². The zero-order chi connectivity index (χ0) is 11.3. The van der Waals surface area contributed by atoms with E-state index in [0.717, 1.165) is 31.8 Å². The highest BCUT2D eigenvalue weighted by Gasteiger charge is 2.36.